The maximum absolute atomic E-state index is 12.2. The lowest BCUT2D eigenvalue weighted by molar-refractivity contribution is -0.577. The van der Waals surface area contributed by atoms with Crippen LogP contribution in [0.5, 0.6) is 0 Å². The quantitative estimate of drug-likeness (QED) is 0.383. The molecule has 8 atom stereocenters. The SMILES string of the molecule is C[C@H]1[C@@H](OCCCNC(=O)Nc2ccccc2Br)O[C@@H]2O[C@]3(C)CC[C@H]4[C@H](C)CC[C@@H]1[C@@]24OO3. The van der Waals surface area contributed by atoms with Gasteiger partial charge in [0.1, 0.15) is 0 Å². The van der Waals surface area contributed by atoms with Crippen LogP contribution in [0.2, 0.25) is 0 Å². The maximum Gasteiger partial charge on any atom is 0.319 e. The van der Waals surface area contributed by atoms with E-state index in [2.05, 4.69) is 40.4 Å². The molecule has 0 radical (unpaired) electrons. The van der Waals surface area contributed by atoms with Crippen LogP contribution in [0.15, 0.2) is 28.7 Å². The molecule has 34 heavy (non-hydrogen) atoms. The van der Waals surface area contributed by atoms with Gasteiger partial charge in [0.2, 0.25) is 5.79 Å². The third-order valence-corrected chi connectivity index (χ3v) is 8.80. The summed E-state index contributed by atoms with van der Waals surface area (Å²) in [5, 5.41) is 5.71. The second-order valence-corrected chi connectivity index (χ2v) is 11.2. The number of halogens is 1. The number of carbonyl (C=O) groups excluding carboxylic acids is 1. The zero-order valence-corrected chi connectivity index (χ0v) is 21.6. The Hall–Kier alpha value is -1.23. The van der Waals surface area contributed by atoms with E-state index in [-0.39, 0.29) is 24.2 Å². The number of hydrogen-bond donors (Lipinski definition) is 2. The van der Waals surface area contributed by atoms with Gasteiger partial charge in [-0.1, -0.05) is 26.0 Å². The highest BCUT2D eigenvalue weighted by Crippen LogP contribution is 2.60. The number of rotatable bonds is 6. The van der Waals surface area contributed by atoms with Crippen LogP contribution in [0, 0.1) is 23.7 Å². The van der Waals surface area contributed by atoms with Crippen molar-refractivity contribution in [3.05, 3.63) is 28.7 Å². The summed E-state index contributed by atoms with van der Waals surface area (Å²) in [6.45, 7) is 7.39. The van der Waals surface area contributed by atoms with Gasteiger partial charge < -0.3 is 24.8 Å². The van der Waals surface area contributed by atoms with E-state index >= 15 is 0 Å². The third kappa shape index (κ3) is 4.40. The fourth-order valence-corrected chi connectivity index (χ4v) is 6.65. The number of para-hydroxylation sites is 1. The number of ether oxygens (including phenoxy) is 3. The first-order valence-electron chi connectivity index (χ1n) is 12.4. The molecule has 2 N–H and O–H groups in total. The van der Waals surface area contributed by atoms with E-state index in [0.717, 1.165) is 35.8 Å². The summed E-state index contributed by atoms with van der Waals surface area (Å²) in [5.41, 5.74) is 0.158. The Morgan fingerprint density at radius 3 is 2.82 bits per heavy atom. The molecule has 9 heteroatoms. The van der Waals surface area contributed by atoms with Gasteiger partial charge in [0.05, 0.1) is 12.3 Å². The molecule has 5 aliphatic rings. The number of fused-ring (bicyclic) bond motifs is 2. The van der Waals surface area contributed by atoms with Gasteiger partial charge >= 0.3 is 6.03 Å². The molecule has 6 rings (SSSR count). The molecule has 1 spiro atoms. The number of anilines is 1. The summed E-state index contributed by atoms with van der Waals surface area (Å²) < 4.78 is 19.8. The van der Waals surface area contributed by atoms with Gasteiger partial charge in [0.25, 0.3) is 0 Å². The maximum atomic E-state index is 12.2. The molecule has 1 aromatic rings. The summed E-state index contributed by atoms with van der Waals surface area (Å²) in [6, 6.07) is 7.26. The van der Waals surface area contributed by atoms with Gasteiger partial charge in [-0.15, -0.1) is 0 Å². The molecule has 1 aromatic carbocycles. The Bertz CT molecular complexity index is 904. The normalized spacial score (nSPS) is 40.8. The van der Waals surface area contributed by atoms with Crippen molar-refractivity contribution in [3.63, 3.8) is 0 Å². The number of amides is 2. The average molecular weight is 539 g/mol. The lowest BCUT2D eigenvalue weighted by atomic mass is 9.58. The van der Waals surface area contributed by atoms with E-state index < -0.39 is 17.7 Å². The smallest absolute Gasteiger partial charge is 0.319 e. The number of urea groups is 1. The van der Waals surface area contributed by atoms with Crippen LogP contribution in [-0.4, -0.2) is 43.2 Å². The highest BCUT2D eigenvalue weighted by molar-refractivity contribution is 9.10. The molecule has 0 unspecified atom stereocenters. The summed E-state index contributed by atoms with van der Waals surface area (Å²) in [7, 11) is 0. The summed E-state index contributed by atoms with van der Waals surface area (Å²) in [5.74, 6) is 0.485. The number of carbonyl (C=O) groups is 1. The fraction of sp³-hybridized carbons (Fsp3) is 0.720. The lowest BCUT2D eigenvalue weighted by Crippen LogP contribution is -2.70. The number of hydrogen-bond acceptors (Lipinski definition) is 6. The summed E-state index contributed by atoms with van der Waals surface area (Å²) in [4.78, 5) is 24.2. The zero-order valence-electron chi connectivity index (χ0n) is 20.1. The summed E-state index contributed by atoms with van der Waals surface area (Å²) in [6.07, 6.45) is 3.81. The highest BCUT2D eigenvalue weighted by atomic mass is 79.9. The van der Waals surface area contributed by atoms with Crippen LogP contribution in [0.3, 0.4) is 0 Å². The monoisotopic (exact) mass is 538 g/mol. The molecule has 2 amide bonds. The summed E-state index contributed by atoms with van der Waals surface area (Å²) >= 11 is 3.43. The Balaban J connectivity index is 1.15. The van der Waals surface area contributed by atoms with Crippen molar-refractivity contribution in [1.82, 2.24) is 5.32 Å². The van der Waals surface area contributed by atoms with E-state index in [4.69, 9.17) is 24.0 Å². The molecule has 4 heterocycles. The van der Waals surface area contributed by atoms with Crippen molar-refractivity contribution >= 4 is 27.6 Å². The van der Waals surface area contributed by atoms with Gasteiger partial charge in [-0.05, 0) is 72.5 Å². The van der Waals surface area contributed by atoms with Crippen molar-refractivity contribution in [3.8, 4) is 0 Å². The van der Waals surface area contributed by atoms with E-state index in [1.54, 1.807) is 0 Å². The minimum absolute atomic E-state index is 0.146. The van der Waals surface area contributed by atoms with Crippen molar-refractivity contribution in [2.24, 2.45) is 23.7 Å². The molecule has 188 valence electrons. The molecule has 4 saturated heterocycles. The van der Waals surface area contributed by atoms with Crippen molar-refractivity contribution in [2.45, 2.75) is 76.8 Å². The Labute approximate surface area is 209 Å². The van der Waals surface area contributed by atoms with Gasteiger partial charge in [-0.25, -0.2) is 14.6 Å². The second kappa shape index (κ2) is 9.67. The Morgan fingerprint density at radius 1 is 1.18 bits per heavy atom. The fourth-order valence-electron chi connectivity index (χ4n) is 6.27. The third-order valence-electron chi connectivity index (χ3n) is 8.11. The molecule has 5 fully saturated rings. The van der Waals surface area contributed by atoms with Crippen LogP contribution in [0.1, 0.15) is 52.9 Å². The van der Waals surface area contributed by atoms with Crippen LogP contribution in [0.4, 0.5) is 10.5 Å². The zero-order chi connectivity index (χ0) is 23.9. The molecule has 0 aromatic heterocycles. The minimum atomic E-state index is -0.784. The van der Waals surface area contributed by atoms with Crippen LogP contribution in [-0.2, 0) is 24.0 Å². The molecule has 1 aliphatic carbocycles. The van der Waals surface area contributed by atoms with Crippen molar-refractivity contribution < 1.29 is 28.8 Å². The first-order valence-corrected chi connectivity index (χ1v) is 13.2. The molecular weight excluding hydrogens is 504 g/mol. The van der Waals surface area contributed by atoms with Gasteiger partial charge in [-0.3, -0.25) is 0 Å². The van der Waals surface area contributed by atoms with Crippen LogP contribution in [0.25, 0.3) is 0 Å². The largest absolute Gasteiger partial charge is 0.352 e. The Morgan fingerprint density at radius 2 is 2.00 bits per heavy atom. The van der Waals surface area contributed by atoms with E-state index in [1.807, 2.05) is 31.2 Å². The van der Waals surface area contributed by atoms with Crippen molar-refractivity contribution in [1.29, 1.82) is 0 Å². The van der Waals surface area contributed by atoms with Gasteiger partial charge in [-0.2, -0.15) is 0 Å². The number of nitrogens with one attached hydrogen (secondary N) is 2. The first kappa shape index (κ1) is 24.5. The standard InChI is InChI=1S/C25H35BrN2O6/c1-15-9-10-18-16(2)21(31-22-25(18)17(15)11-12-24(3,32-22)33-34-25)30-14-6-13-27-23(29)28-20-8-5-4-7-19(20)26/h4-5,7-8,15-18,21-22H,6,9-14H2,1-3H3,(H2,27,28,29)/t15-,16-,17+,18+,21+,22-,24+,25-/m1/s1. The van der Waals surface area contributed by atoms with E-state index in [9.17, 15) is 4.79 Å². The topological polar surface area (TPSA) is 87.3 Å². The predicted molar refractivity (Wildman–Crippen MR) is 129 cm³/mol. The molecule has 4 aliphatic heterocycles. The average Bonchev–Trinajstić information content (AvgIpc) is 3.04. The van der Waals surface area contributed by atoms with Crippen LogP contribution < -0.4 is 10.6 Å². The molecule has 2 bridgehead atoms. The number of benzene rings is 1. The minimum Gasteiger partial charge on any atom is -0.352 e. The van der Waals surface area contributed by atoms with Crippen molar-refractivity contribution in [2.75, 3.05) is 18.5 Å². The first-order chi connectivity index (χ1) is 16.3. The second-order valence-electron chi connectivity index (χ2n) is 10.4. The molecule has 1 saturated carbocycles. The molecule has 8 nitrogen and oxygen atoms in total. The Kier molecular flexibility index (Phi) is 6.96. The van der Waals surface area contributed by atoms with Gasteiger partial charge in [0, 0.05) is 29.3 Å². The lowest BCUT2D eigenvalue weighted by Gasteiger charge is -2.60. The van der Waals surface area contributed by atoms with E-state index in [1.165, 1.54) is 0 Å². The molecular formula is C25H35BrN2O6. The predicted octanol–water partition coefficient (Wildman–Crippen LogP) is 5.19. The van der Waals surface area contributed by atoms with E-state index in [0.29, 0.717) is 31.4 Å². The highest BCUT2D eigenvalue weighted by Gasteiger charge is 2.69. The van der Waals surface area contributed by atoms with Crippen LogP contribution >= 0.6 is 15.9 Å². The van der Waals surface area contributed by atoms with Gasteiger partial charge in [0.15, 0.2) is 18.2 Å².